The van der Waals surface area contributed by atoms with Crippen molar-refractivity contribution in [3.63, 3.8) is 0 Å². The fraction of sp³-hybridized carbons (Fsp3) is 0.273. The van der Waals surface area contributed by atoms with Crippen LogP contribution in [0.25, 0.3) is 5.57 Å². The van der Waals surface area contributed by atoms with Gasteiger partial charge in [0.15, 0.2) is 0 Å². The number of hydrogen-bond acceptors (Lipinski definition) is 1. The van der Waals surface area contributed by atoms with Gasteiger partial charge < -0.3 is 5.32 Å². The van der Waals surface area contributed by atoms with Crippen LogP contribution in [0.5, 0.6) is 0 Å². The predicted octanol–water partition coefficient (Wildman–Crippen LogP) is 2.06. The number of benzene rings is 1. The normalized spacial score (nSPS) is 20.5. The van der Waals surface area contributed by atoms with E-state index in [9.17, 15) is 0 Å². The Morgan fingerprint density at radius 3 is 2.67 bits per heavy atom. The molecule has 1 aromatic carbocycles. The van der Waals surface area contributed by atoms with E-state index in [4.69, 9.17) is 0 Å². The van der Waals surface area contributed by atoms with E-state index in [1.807, 2.05) is 6.07 Å². The lowest BCUT2D eigenvalue weighted by Crippen LogP contribution is -1.92. The first kappa shape index (κ1) is 7.56. The Kier molecular flexibility index (Phi) is 1.96. The highest BCUT2D eigenvalue weighted by Gasteiger charge is 2.20. The molecule has 1 unspecified atom stereocenters. The van der Waals surface area contributed by atoms with Gasteiger partial charge in [-0.2, -0.15) is 0 Å². The summed E-state index contributed by atoms with van der Waals surface area (Å²) in [4.78, 5) is 0. The average Bonchev–Trinajstić information content (AvgIpc) is 2.90. The third-order valence-corrected chi connectivity index (χ3v) is 2.17. The fourth-order valence-electron chi connectivity index (χ4n) is 1.32. The third kappa shape index (κ3) is 1.74. The van der Waals surface area contributed by atoms with Crippen molar-refractivity contribution in [1.82, 2.24) is 5.32 Å². The molecule has 1 aliphatic rings. The summed E-state index contributed by atoms with van der Waals surface area (Å²) in [6, 6.07) is 11.1. The maximum absolute atomic E-state index is 4.07. The first-order valence-corrected chi connectivity index (χ1v) is 4.33. The molecule has 1 saturated heterocycles. The second-order valence-corrected chi connectivity index (χ2v) is 3.28. The maximum Gasteiger partial charge on any atom is 0.0233 e. The Bertz CT molecular complexity index is 272. The molecule has 0 saturated carbocycles. The zero-order valence-corrected chi connectivity index (χ0v) is 7.09. The lowest BCUT2D eigenvalue weighted by Gasteiger charge is -2.02. The van der Waals surface area contributed by atoms with Crippen molar-refractivity contribution in [2.45, 2.75) is 12.5 Å². The standard InChI is InChI=1S/C11H13N/c1-9(7-11-8-12-11)10-5-3-2-4-6-10/h2-6,11-12H,1,7-8H2. The van der Waals surface area contributed by atoms with E-state index in [0.717, 1.165) is 13.0 Å². The van der Waals surface area contributed by atoms with E-state index >= 15 is 0 Å². The van der Waals surface area contributed by atoms with Gasteiger partial charge in [0.2, 0.25) is 0 Å². The molecule has 0 amide bonds. The highest BCUT2D eigenvalue weighted by atomic mass is 15.1. The van der Waals surface area contributed by atoms with Crippen LogP contribution in [0, 0.1) is 0 Å². The summed E-state index contributed by atoms with van der Waals surface area (Å²) in [6.45, 7) is 5.22. The van der Waals surface area contributed by atoms with Gasteiger partial charge in [0.25, 0.3) is 0 Å². The van der Waals surface area contributed by atoms with Crippen molar-refractivity contribution < 1.29 is 0 Å². The molecule has 12 heavy (non-hydrogen) atoms. The molecular weight excluding hydrogens is 146 g/mol. The highest BCUT2D eigenvalue weighted by molar-refractivity contribution is 5.63. The minimum absolute atomic E-state index is 0.692. The smallest absolute Gasteiger partial charge is 0.0233 e. The monoisotopic (exact) mass is 159 g/mol. The molecule has 1 atom stereocenters. The Morgan fingerprint density at radius 1 is 1.42 bits per heavy atom. The first-order chi connectivity index (χ1) is 5.86. The van der Waals surface area contributed by atoms with Crippen molar-refractivity contribution in [3.05, 3.63) is 42.5 Å². The summed E-state index contributed by atoms with van der Waals surface area (Å²) in [6.07, 6.45) is 1.09. The van der Waals surface area contributed by atoms with Crippen LogP contribution in [0.3, 0.4) is 0 Å². The molecule has 1 nitrogen and oxygen atoms in total. The van der Waals surface area contributed by atoms with Crippen molar-refractivity contribution in [3.8, 4) is 0 Å². The summed E-state index contributed by atoms with van der Waals surface area (Å²) in [7, 11) is 0. The van der Waals surface area contributed by atoms with Crippen LogP contribution in [0.4, 0.5) is 0 Å². The predicted molar refractivity (Wildman–Crippen MR) is 51.9 cm³/mol. The maximum atomic E-state index is 4.07. The Hall–Kier alpha value is -1.08. The van der Waals surface area contributed by atoms with Crippen molar-refractivity contribution >= 4 is 5.57 Å². The minimum Gasteiger partial charge on any atom is -0.311 e. The quantitative estimate of drug-likeness (QED) is 0.670. The Labute approximate surface area is 73.1 Å². The Balaban J connectivity index is 2.03. The summed E-state index contributed by atoms with van der Waals surface area (Å²) in [5.41, 5.74) is 2.51. The lowest BCUT2D eigenvalue weighted by atomic mass is 10.0. The molecule has 0 aliphatic carbocycles. The van der Waals surface area contributed by atoms with Gasteiger partial charge in [-0.3, -0.25) is 0 Å². The van der Waals surface area contributed by atoms with Gasteiger partial charge in [-0.1, -0.05) is 36.9 Å². The number of nitrogens with one attached hydrogen (secondary N) is 1. The van der Waals surface area contributed by atoms with Crippen LogP contribution in [0.1, 0.15) is 12.0 Å². The van der Waals surface area contributed by atoms with Gasteiger partial charge in [-0.05, 0) is 17.6 Å². The SMILES string of the molecule is C=C(CC1CN1)c1ccccc1. The molecule has 1 fully saturated rings. The molecule has 1 heteroatoms. The van der Waals surface area contributed by atoms with Crippen LogP contribution >= 0.6 is 0 Å². The zero-order valence-electron chi connectivity index (χ0n) is 7.09. The molecule has 0 radical (unpaired) electrons. The zero-order chi connectivity index (χ0) is 8.39. The minimum atomic E-state index is 0.692. The third-order valence-electron chi connectivity index (χ3n) is 2.17. The number of rotatable bonds is 3. The van der Waals surface area contributed by atoms with Gasteiger partial charge in [0.05, 0.1) is 0 Å². The van der Waals surface area contributed by atoms with Crippen LogP contribution in [-0.2, 0) is 0 Å². The van der Waals surface area contributed by atoms with Gasteiger partial charge in [-0.25, -0.2) is 0 Å². The molecule has 0 aromatic heterocycles. The summed E-state index contributed by atoms with van der Waals surface area (Å²) >= 11 is 0. The second kappa shape index (κ2) is 3.11. The highest BCUT2D eigenvalue weighted by Crippen LogP contribution is 2.20. The van der Waals surface area contributed by atoms with Crippen LogP contribution < -0.4 is 5.32 Å². The molecule has 1 heterocycles. The van der Waals surface area contributed by atoms with Crippen molar-refractivity contribution in [2.75, 3.05) is 6.54 Å². The molecule has 1 aromatic rings. The van der Waals surface area contributed by atoms with Crippen molar-refractivity contribution in [2.24, 2.45) is 0 Å². The van der Waals surface area contributed by atoms with E-state index < -0.39 is 0 Å². The molecule has 0 bridgehead atoms. The Morgan fingerprint density at radius 2 is 2.08 bits per heavy atom. The van der Waals surface area contributed by atoms with Gasteiger partial charge >= 0.3 is 0 Å². The van der Waals surface area contributed by atoms with Crippen LogP contribution in [0.2, 0.25) is 0 Å². The van der Waals surface area contributed by atoms with E-state index in [2.05, 4.69) is 36.2 Å². The number of hydrogen-bond donors (Lipinski definition) is 1. The van der Waals surface area contributed by atoms with Crippen LogP contribution in [0.15, 0.2) is 36.9 Å². The molecule has 0 spiro atoms. The first-order valence-electron chi connectivity index (χ1n) is 4.33. The van der Waals surface area contributed by atoms with E-state index in [-0.39, 0.29) is 0 Å². The van der Waals surface area contributed by atoms with Gasteiger partial charge in [0.1, 0.15) is 0 Å². The molecule has 1 N–H and O–H groups in total. The second-order valence-electron chi connectivity index (χ2n) is 3.28. The average molecular weight is 159 g/mol. The molecule has 62 valence electrons. The largest absolute Gasteiger partial charge is 0.311 e. The van der Waals surface area contributed by atoms with Crippen molar-refractivity contribution in [1.29, 1.82) is 0 Å². The molecule has 2 rings (SSSR count). The van der Waals surface area contributed by atoms with Crippen LogP contribution in [-0.4, -0.2) is 12.6 Å². The topological polar surface area (TPSA) is 21.9 Å². The van der Waals surface area contributed by atoms with E-state index in [0.29, 0.717) is 6.04 Å². The van der Waals surface area contributed by atoms with E-state index in [1.54, 1.807) is 0 Å². The summed E-state index contributed by atoms with van der Waals surface area (Å²) < 4.78 is 0. The van der Waals surface area contributed by atoms with Gasteiger partial charge in [0, 0.05) is 12.6 Å². The lowest BCUT2D eigenvalue weighted by molar-refractivity contribution is 0.983. The fourth-order valence-corrected chi connectivity index (χ4v) is 1.32. The summed E-state index contributed by atoms with van der Waals surface area (Å²) in [5.74, 6) is 0. The van der Waals surface area contributed by atoms with Gasteiger partial charge in [-0.15, -0.1) is 0 Å². The summed E-state index contributed by atoms with van der Waals surface area (Å²) in [5, 5.41) is 3.27. The molecular formula is C11H13N. The molecule has 1 aliphatic heterocycles. The van der Waals surface area contributed by atoms with E-state index in [1.165, 1.54) is 11.1 Å².